The third kappa shape index (κ3) is 3.15. The van der Waals surface area contributed by atoms with Crippen LogP contribution in [-0.4, -0.2) is 16.1 Å². The molecule has 0 bridgehead atoms. The Labute approximate surface area is 118 Å². The van der Waals surface area contributed by atoms with Crippen molar-refractivity contribution in [2.75, 3.05) is 0 Å². The number of hydrogen-bond donors (Lipinski definition) is 1. The maximum atomic E-state index is 11.1. The summed E-state index contributed by atoms with van der Waals surface area (Å²) in [6, 6.07) is 10.9. The van der Waals surface area contributed by atoms with Crippen LogP contribution in [0.25, 0.3) is 0 Å². The molecule has 4 heteroatoms. The molecule has 2 rings (SSSR count). The van der Waals surface area contributed by atoms with E-state index in [2.05, 4.69) is 25.8 Å². The fourth-order valence-electron chi connectivity index (χ4n) is 1.78. The van der Waals surface area contributed by atoms with Crippen molar-refractivity contribution < 1.29 is 14.6 Å². The molecule has 0 unspecified atom stereocenters. The largest absolute Gasteiger partial charge is 0.476 e. The summed E-state index contributed by atoms with van der Waals surface area (Å²) >= 11 is 0. The predicted molar refractivity (Wildman–Crippen MR) is 76.4 cm³/mol. The van der Waals surface area contributed by atoms with Gasteiger partial charge in [0, 0.05) is 6.20 Å². The number of aromatic nitrogens is 1. The van der Waals surface area contributed by atoms with Gasteiger partial charge in [-0.25, -0.2) is 9.78 Å². The molecule has 0 amide bonds. The summed E-state index contributed by atoms with van der Waals surface area (Å²) < 4.78 is 5.60. The third-order valence-electron chi connectivity index (χ3n) is 2.92. The molecule has 0 aliphatic rings. The number of pyridine rings is 1. The summed E-state index contributed by atoms with van der Waals surface area (Å²) in [7, 11) is 0. The first-order chi connectivity index (χ1) is 9.38. The highest BCUT2D eigenvalue weighted by Gasteiger charge is 2.15. The van der Waals surface area contributed by atoms with Crippen molar-refractivity contribution in [3.05, 3.63) is 53.9 Å². The minimum Gasteiger partial charge on any atom is -0.476 e. The van der Waals surface area contributed by atoms with Crippen molar-refractivity contribution in [3.8, 4) is 11.5 Å². The Balaban J connectivity index is 2.25. The van der Waals surface area contributed by atoms with Crippen LogP contribution in [0.5, 0.6) is 11.5 Å². The van der Waals surface area contributed by atoms with Gasteiger partial charge in [0.05, 0.1) is 0 Å². The minimum absolute atomic E-state index is 0.0685. The first-order valence-corrected chi connectivity index (χ1v) is 6.34. The molecule has 0 saturated carbocycles. The van der Waals surface area contributed by atoms with Crippen molar-refractivity contribution in [1.82, 2.24) is 4.98 Å². The average molecular weight is 271 g/mol. The maximum Gasteiger partial charge on any atom is 0.358 e. The number of carboxylic acid groups (broad SMARTS) is 1. The summed E-state index contributed by atoms with van der Waals surface area (Å²) in [5.41, 5.74) is 1.17. The lowest BCUT2D eigenvalue weighted by Gasteiger charge is -2.19. The molecule has 0 spiro atoms. The van der Waals surface area contributed by atoms with Crippen LogP contribution in [0.3, 0.4) is 0 Å². The molecule has 104 valence electrons. The molecule has 0 aliphatic carbocycles. The van der Waals surface area contributed by atoms with E-state index in [0.717, 1.165) is 0 Å². The molecule has 20 heavy (non-hydrogen) atoms. The molecule has 4 nitrogen and oxygen atoms in total. The molecule has 1 N–H and O–H groups in total. The molecule has 0 aliphatic heterocycles. The van der Waals surface area contributed by atoms with Gasteiger partial charge in [0.1, 0.15) is 5.75 Å². The van der Waals surface area contributed by atoms with Crippen molar-refractivity contribution >= 4 is 5.97 Å². The second kappa shape index (κ2) is 5.33. The first kappa shape index (κ1) is 14.1. The van der Waals surface area contributed by atoms with Gasteiger partial charge >= 0.3 is 5.97 Å². The summed E-state index contributed by atoms with van der Waals surface area (Å²) in [4.78, 5) is 14.9. The standard InChI is InChI=1S/C16H17NO3/c1-16(2,3)11-6-8-12(9-7-11)20-13-5-4-10-17-14(13)15(18)19/h4-10H,1-3H3,(H,18,19). The highest BCUT2D eigenvalue weighted by molar-refractivity contribution is 5.88. The molecular formula is C16H17NO3. The monoisotopic (exact) mass is 271 g/mol. The zero-order chi connectivity index (χ0) is 14.8. The Bertz CT molecular complexity index is 612. The Hall–Kier alpha value is -2.36. The van der Waals surface area contributed by atoms with Gasteiger partial charge in [0.15, 0.2) is 11.4 Å². The van der Waals surface area contributed by atoms with Crippen LogP contribution in [0.2, 0.25) is 0 Å². The number of rotatable bonds is 3. The Morgan fingerprint density at radius 2 is 1.80 bits per heavy atom. The van der Waals surface area contributed by atoms with Crippen LogP contribution in [0.15, 0.2) is 42.6 Å². The van der Waals surface area contributed by atoms with E-state index in [9.17, 15) is 4.79 Å². The smallest absolute Gasteiger partial charge is 0.358 e. The van der Waals surface area contributed by atoms with Crippen molar-refractivity contribution in [3.63, 3.8) is 0 Å². The number of carboxylic acids is 1. The predicted octanol–water partition coefficient (Wildman–Crippen LogP) is 3.87. The van der Waals surface area contributed by atoms with Gasteiger partial charge in [-0.3, -0.25) is 0 Å². The number of hydrogen-bond acceptors (Lipinski definition) is 3. The Morgan fingerprint density at radius 1 is 1.15 bits per heavy atom. The summed E-state index contributed by atoms with van der Waals surface area (Å²) in [6.45, 7) is 6.39. The quantitative estimate of drug-likeness (QED) is 0.920. The normalized spacial score (nSPS) is 11.2. The zero-order valence-electron chi connectivity index (χ0n) is 11.8. The fourth-order valence-corrected chi connectivity index (χ4v) is 1.78. The highest BCUT2D eigenvalue weighted by atomic mass is 16.5. The molecule has 1 aromatic heterocycles. The van der Waals surface area contributed by atoms with Crippen LogP contribution in [-0.2, 0) is 5.41 Å². The second-order valence-electron chi connectivity index (χ2n) is 5.53. The van der Waals surface area contributed by atoms with E-state index in [0.29, 0.717) is 5.75 Å². The van der Waals surface area contributed by atoms with E-state index >= 15 is 0 Å². The lowest BCUT2D eigenvalue weighted by Crippen LogP contribution is -2.10. The van der Waals surface area contributed by atoms with Crippen LogP contribution < -0.4 is 4.74 Å². The van der Waals surface area contributed by atoms with E-state index in [1.54, 1.807) is 12.1 Å². The fraction of sp³-hybridized carbons (Fsp3) is 0.250. The molecular weight excluding hydrogens is 254 g/mol. The first-order valence-electron chi connectivity index (χ1n) is 6.34. The van der Waals surface area contributed by atoms with Gasteiger partial charge in [-0.2, -0.15) is 0 Å². The molecule has 2 aromatic rings. The second-order valence-corrected chi connectivity index (χ2v) is 5.53. The van der Waals surface area contributed by atoms with E-state index in [4.69, 9.17) is 9.84 Å². The van der Waals surface area contributed by atoms with Crippen LogP contribution in [0.1, 0.15) is 36.8 Å². The topological polar surface area (TPSA) is 59.4 Å². The lowest BCUT2D eigenvalue weighted by atomic mass is 9.87. The van der Waals surface area contributed by atoms with E-state index in [1.165, 1.54) is 11.8 Å². The van der Waals surface area contributed by atoms with Gasteiger partial charge in [0.25, 0.3) is 0 Å². The molecule has 0 fully saturated rings. The van der Waals surface area contributed by atoms with Crippen molar-refractivity contribution in [1.29, 1.82) is 0 Å². The number of carbonyl (C=O) groups is 1. The Morgan fingerprint density at radius 3 is 2.35 bits per heavy atom. The van der Waals surface area contributed by atoms with Crippen LogP contribution in [0.4, 0.5) is 0 Å². The number of nitrogens with zero attached hydrogens (tertiary/aromatic N) is 1. The number of ether oxygens (including phenoxy) is 1. The number of aromatic carboxylic acids is 1. The zero-order valence-corrected chi connectivity index (χ0v) is 11.8. The molecule has 0 atom stereocenters. The lowest BCUT2D eigenvalue weighted by molar-refractivity contribution is 0.0687. The maximum absolute atomic E-state index is 11.1. The van der Waals surface area contributed by atoms with Crippen molar-refractivity contribution in [2.45, 2.75) is 26.2 Å². The summed E-state index contributed by atoms with van der Waals surface area (Å²) in [6.07, 6.45) is 1.43. The van der Waals surface area contributed by atoms with Gasteiger partial charge in [-0.1, -0.05) is 32.9 Å². The van der Waals surface area contributed by atoms with Gasteiger partial charge in [-0.05, 0) is 35.2 Å². The van der Waals surface area contributed by atoms with Crippen molar-refractivity contribution in [2.24, 2.45) is 0 Å². The van der Waals surface area contributed by atoms with Crippen LogP contribution in [0, 0.1) is 0 Å². The molecule has 1 heterocycles. The van der Waals surface area contributed by atoms with Crippen LogP contribution >= 0.6 is 0 Å². The third-order valence-corrected chi connectivity index (χ3v) is 2.92. The van der Waals surface area contributed by atoms with E-state index in [-0.39, 0.29) is 16.9 Å². The molecule has 0 radical (unpaired) electrons. The Kier molecular flexibility index (Phi) is 3.74. The number of benzene rings is 1. The van der Waals surface area contributed by atoms with Gasteiger partial charge in [0.2, 0.25) is 0 Å². The highest BCUT2D eigenvalue weighted by Crippen LogP contribution is 2.27. The summed E-state index contributed by atoms with van der Waals surface area (Å²) in [5.74, 6) is -0.274. The molecule has 1 aromatic carbocycles. The minimum atomic E-state index is -1.10. The van der Waals surface area contributed by atoms with Gasteiger partial charge < -0.3 is 9.84 Å². The SMILES string of the molecule is CC(C)(C)c1ccc(Oc2cccnc2C(=O)O)cc1. The van der Waals surface area contributed by atoms with E-state index in [1.807, 2.05) is 24.3 Å². The average Bonchev–Trinajstić information content (AvgIpc) is 2.38. The molecule has 0 saturated heterocycles. The van der Waals surface area contributed by atoms with Gasteiger partial charge in [-0.15, -0.1) is 0 Å². The van der Waals surface area contributed by atoms with E-state index < -0.39 is 5.97 Å². The summed E-state index contributed by atoms with van der Waals surface area (Å²) in [5, 5.41) is 9.05.